The molecule has 2 rings (SSSR count). The van der Waals surface area contributed by atoms with E-state index in [1.165, 1.54) is 0 Å². The molecule has 0 atom stereocenters. The predicted octanol–water partition coefficient (Wildman–Crippen LogP) is 11.3. The average Bonchev–Trinajstić information content (AvgIpc) is 3.20. The van der Waals surface area contributed by atoms with Gasteiger partial charge in [-0.05, 0) is 65.2 Å². The Labute approximate surface area is 353 Å². The summed E-state index contributed by atoms with van der Waals surface area (Å²) in [6.07, 6.45) is 5.16. The van der Waals surface area contributed by atoms with Gasteiger partial charge in [-0.2, -0.15) is 0 Å². The molecule has 0 heterocycles. The molecule has 0 amide bonds. The van der Waals surface area contributed by atoms with E-state index in [4.69, 9.17) is 47.4 Å². The first-order valence-corrected chi connectivity index (χ1v) is 21.5. The van der Waals surface area contributed by atoms with Gasteiger partial charge in [0.05, 0.1) is 64.0 Å². The highest BCUT2D eigenvalue weighted by molar-refractivity contribution is 5.92. The van der Waals surface area contributed by atoms with E-state index in [1.54, 1.807) is 13.8 Å². The molecule has 2 aromatic carbocycles. The minimum atomic E-state index is -1.20. The van der Waals surface area contributed by atoms with E-state index in [2.05, 4.69) is 13.2 Å². The van der Waals surface area contributed by atoms with Crippen molar-refractivity contribution in [1.29, 1.82) is 0 Å². The van der Waals surface area contributed by atoms with Crippen molar-refractivity contribution in [2.24, 2.45) is 0 Å². The normalized spacial score (nSPS) is 11.1. The molecule has 0 radical (unpaired) electrons. The fourth-order valence-corrected chi connectivity index (χ4v) is 5.79. The van der Waals surface area contributed by atoms with Gasteiger partial charge in [-0.1, -0.05) is 82.4 Å². The number of esters is 2. The lowest BCUT2D eigenvalue weighted by molar-refractivity contribution is -0.131. The molecular weight excluding hydrogens is 757 g/mol. The predicted molar refractivity (Wildman–Crippen MR) is 232 cm³/mol. The van der Waals surface area contributed by atoms with Crippen molar-refractivity contribution in [3.8, 4) is 57.5 Å². The number of hydrogen-bond donors (Lipinski definition) is 0. The summed E-state index contributed by atoms with van der Waals surface area (Å²) in [5.41, 5.74) is 0.209. The van der Waals surface area contributed by atoms with Crippen molar-refractivity contribution in [2.75, 3.05) is 52.9 Å². The van der Waals surface area contributed by atoms with E-state index in [9.17, 15) is 9.59 Å². The molecule has 0 unspecified atom stereocenters. The quantitative estimate of drug-likeness (QED) is 0.0422. The van der Waals surface area contributed by atoms with Crippen LogP contribution < -0.4 is 47.4 Å². The van der Waals surface area contributed by atoms with E-state index in [-0.39, 0.29) is 121 Å². The molecule has 12 nitrogen and oxygen atoms in total. The van der Waals surface area contributed by atoms with Gasteiger partial charge in [0.1, 0.15) is 0 Å². The lowest BCUT2D eigenvalue weighted by Gasteiger charge is -2.36. The van der Waals surface area contributed by atoms with Crippen LogP contribution in [0.3, 0.4) is 0 Å². The average molecular weight is 829 g/mol. The molecular formula is C47H72O12. The Morgan fingerprint density at radius 3 is 0.729 bits per heavy atom. The summed E-state index contributed by atoms with van der Waals surface area (Å²) in [6, 6.07) is 0. The molecule has 12 heteroatoms. The van der Waals surface area contributed by atoms with Crippen LogP contribution in [0, 0.1) is 0 Å². The molecule has 0 aliphatic rings. The fraction of sp³-hybridized carbons (Fsp3) is 0.617. The van der Waals surface area contributed by atoms with Gasteiger partial charge in [0.25, 0.3) is 0 Å². The van der Waals surface area contributed by atoms with Crippen LogP contribution in [0.25, 0.3) is 0 Å². The van der Waals surface area contributed by atoms with Crippen LogP contribution in [-0.4, -0.2) is 64.8 Å². The van der Waals surface area contributed by atoms with E-state index in [0.29, 0.717) is 62.5 Å². The zero-order valence-corrected chi connectivity index (χ0v) is 38.1. The van der Waals surface area contributed by atoms with Crippen molar-refractivity contribution in [3.63, 3.8) is 0 Å². The summed E-state index contributed by atoms with van der Waals surface area (Å²) < 4.78 is 65.2. The van der Waals surface area contributed by atoms with Crippen molar-refractivity contribution in [3.05, 3.63) is 35.4 Å². The van der Waals surface area contributed by atoms with Gasteiger partial charge in [-0.3, -0.25) is 0 Å². The highest BCUT2D eigenvalue weighted by Gasteiger charge is 2.46. The first kappa shape index (κ1) is 50.4. The third kappa shape index (κ3) is 13.1. The third-order valence-corrected chi connectivity index (χ3v) is 8.50. The van der Waals surface area contributed by atoms with Gasteiger partial charge in [0.15, 0.2) is 23.0 Å². The SMILES string of the molecule is C=C(C)C(=O)Oc1c(OCCC)c(OCCC)c(C(C)(C)c2c(OCCC)c(OCCC)c(OC(=O)C(=C)C)c(OCCC)c2OCCC)c(OCCC)c1OCCC. The Bertz CT molecular complexity index is 1490. The standard InChI is InChI=1S/C47H72O12/c1-15-23-50-35-33(36(51-24-16-2)40(55-28-20-6)43(39(35)54-27-19-5)58-45(48)31(9)10)47(13,14)34-37(52-25-17-3)41(56-29-21-7)44(59-46(49)32(11)12)42(57-30-22-8)38(34)53-26-18-4/h9,11,15-30H2,1-8,10,12-14H3. The lowest BCUT2D eigenvalue weighted by Crippen LogP contribution is -2.27. The first-order valence-electron chi connectivity index (χ1n) is 21.5. The van der Waals surface area contributed by atoms with Crippen molar-refractivity contribution in [2.45, 2.75) is 140 Å². The topological polar surface area (TPSA) is 126 Å². The summed E-state index contributed by atoms with van der Waals surface area (Å²) in [6.45, 7) is 32.9. The Hall–Kier alpha value is -4.74. The van der Waals surface area contributed by atoms with Crippen molar-refractivity contribution in [1.82, 2.24) is 0 Å². The number of hydrogen-bond acceptors (Lipinski definition) is 12. The van der Waals surface area contributed by atoms with Crippen LogP contribution in [-0.2, 0) is 15.0 Å². The molecule has 0 aromatic heterocycles. The highest BCUT2D eigenvalue weighted by atomic mass is 16.6. The minimum absolute atomic E-state index is 0.0301. The van der Waals surface area contributed by atoms with Crippen LogP contribution in [0.15, 0.2) is 24.3 Å². The summed E-state index contributed by atoms with van der Waals surface area (Å²) in [4.78, 5) is 26.8. The Morgan fingerprint density at radius 1 is 0.373 bits per heavy atom. The Morgan fingerprint density at radius 2 is 0.559 bits per heavy atom. The first-order chi connectivity index (χ1) is 28.3. The number of carbonyl (C=O) groups is 2. The van der Waals surface area contributed by atoms with E-state index >= 15 is 0 Å². The van der Waals surface area contributed by atoms with Crippen LogP contribution in [0.2, 0.25) is 0 Å². The lowest BCUT2D eigenvalue weighted by atomic mass is 9.75. The van der Waals surface area contributed by atoms with Gasteiger partial charge in [0.2, 0.25) is 34.5 Å². The van der Waals surface area contributed by atoms with Crippen LogP contribution in [0.1, 0.15) is 146 Å². The third-order valence-electron chi connectivity index (χ3n) is 8.50. The highest BCUT2D eigenvalue weighted by Crippen LogP contribution is 2.64. The maximum atomic E-state index is 13.4. The second kappa shape index (κ2) is 25.7. The molecule has 0 N–H and O–H groups in total. The number of rotatable bonds is 30. The summed E-state index contributed by atoms with van der Waals surface area (Å²) in [7, 11) is 0. The van der Waals surface area contributed by atoms with Gasteiger partial charge < -0.3 is 47.4 Å². The Kier molecular flexibility index (Phi) is 21.9. The fourth-order valence-electron chi connectivity index (χ4n) is 5.79. The summed E-state index contributed by atoms with van der Waals surface area (Å²) in [5.74, 6) is 0.601. The molecule has 0 saturated heterocycles. The smallest absolute Gasteiger partial charge is 0.338 e. The molecule has 0 fully saturated rings. The van der Waals surface area contributed by atoms with Crippen LogP contribution >= 0.6 is 0 Å². The number of benzene rings is 2. The van der Waals surface area contributed by atoms with Gasteiger partial charge in [-0.15, -0.1) is 0 Å². The molecule has 59 heavy (non-hydrogen) atoms. The van der Waals surface area contributed by atoms with E-state index < -0.39 is 17.4 Å². The van der Waals surface area contributed by atoms with Crippen LogP contribution in [0.5, 0.6) is 57.5 Å². The van der Waals surface area contributed by atoms with Gasteiger partial charge in [0, 0.05) is 16.6 Å². The number of ether oxygens (including phenoxy) is 10. The second-order valence-corrected chi connectivity index (χ2v) is 14.8. The van der Waals surface area contributed by atoms with Crippen molar-refractivity contribution >= 4 is 11.9 Å². The molecule has 0 bridgehead atoms. The molecule has 0 aliphatic carbocycles. The largest absolute Gasteiger partial charge is 0.489 e. The maximum Gasteiger partial charge on any atom is 0.338 e. The summed E-state index contributed by atoms with van der Waals surface area (Å²) >= 11 is 0. The second-order valence-electron chi connectivity index (χ2n) is 14.8. The monoisotopic (exact) mass is 829 g/mol. The van der Waals surface area contributed by atoms with Gasteiger partial charge in [-0.25, -0.2) is 9.59 Å². The molecule has 332 valence electrons. The van der Waals surface area contributed by atoms with E-state index in [1.807, 2.05) is 69.2 Å². The minimum Gasteiger partial charge on any atom is -0.489 e. The molecule has 0 aliphatic heterocycles. The zero-order valence-electron chi connectivity index (χ0n) is 38.1. The maximum absolute atomic E-state index is 13.4. The zero-order chi connectivity index (χ0) is 44.1. The van der Waals surface area contributed by atoms with Gasteiger partial charge >= 0.3 is 11.9 Å². The van der Waals surface area contributed by atoms with Crippen molar-refractivity contribution < 1.29 is 57.0 Å². The van der Waals surface area contributed by atoms with Crippen LogP contribution in [0.4, 0.5) is 0 Å². The molecule has 0 spiro atoms. The Balaban J connectivity index is 3.61. The number of carbonyl (C=O) groups excluding carboxylic acids is 2. The molecule has 2 aromatic rings. The van der Waals surface area contributed by atoms with E-state index in [0.717, 1.165) is 0 Å². The molecule has 0 saturated carbocycles. The summed E-state index contributed by atoms with van der Waals surface area (Å²) in [5, 5.41) is 0.